The van der Waals surface area contributed by atoms with Crippen LogP contribution in [-0.4, -0.2) is 23.5 Å². The molecule has 5 heteroatoms. The molecule has 0 amide bonds. The van der Waals surface area contributed by atoms with Crippen LogP contribution in [0, 0.1) is 0 Å². The van der Waals surface area contributed by atoms with Crippen LogP contribution in [0.4, 0.5) is 0 Å². The summed E-state index contributed by atoms with van der Waals surface area (Å²) < 4.78 is 10.2. The standard InChI is InChI=1S/C16H13NO4/c1-3-20-15(18)9(2)14-11-8-10-6-4-5-7-12(10)17-13(11)16(19)21-14/h4-8H,3H2,1-2H3/b14-9-. The first kappa shape index (κ1) is 13.3. The highest BCUT2D eigenvalue weighted by Gasteiger charge is 2.32. The van der Waals surface area contributed by atoms with Gasteiger partial charge in [-0.1, -0.05) is 18.2 Å². The van der Waals surface area contributed by atoms with E-state index in [1.807, 2.05) is 24.3 Å². The van der Waals surface area contributed by atoms with Crippen molar-refractivity contribution < 1.29 is 19.1 Å². The van der Waals surface area contributed by atoms with Crippen molar-refractivity contribution in [1.82, 2.24) is 4.98 Å². The van der Waals surface area contributed by atoms with Gasteiger partial charge in [-0.25, -0.2) is 14.6 Å². The minimum absolute atomic E-state index is 0.228. The normalized spacial score (nSPS) is 15.6. The van der Waals surface area contributed by atoms with Crippen LogP contribution in [0.25, 0.3) is 16.7 Å². The fourth-order valence-corrected chi connectivity index (χ4v) is 2.25. The number of hydrogen-bond donors (Lipinski definition) is 0. The number of esters is 2. The van der Waals surface area contributed by atoms with E-state index in [4.69, 9.17) is 9.47 Å². The zero-order valence-electron chi connectivity index (χ0n) is 11.7. The van der Waals surface area contributed by atoms with Crippen molar-refractivity contribution in [2.75, 3.05) is 6.61 Å². The number of carbonyl (C=O) groups excluding carboxylic acids is 2. The molecule has 0 spiro atoms. The number of pyridine rings is 1. The van der Waals surface area contributed by atoms with E-state index in [-0.39, 0.29) is 23.6 Å². The van der Waals surface area contributed by atoms with Crippen molar-refractivity contribution in [3.8, 4) is 0 Å². The number of hydrogen-bond acceptors (Lipinski definition) is 5. The van der Waals surface area contributed by atoms with Gasteiger partial charge in [-0.15, -0.1) is 0 Å². The van der Waals surface area contributed by atoms with Crippen molar-refractivity contribution in [3.05, 3.63) is 47.2 Å². The molecule has 21 heavy (non-hydrogen) atoms. The molecule has 0 saturated carbocycles. The predicted molar refractivity (Wildman–Crippen MR) is 76.4 cm³/mol. The molecule has 1 aromatic carbocycles. The van der Waals surface area contributed by atoms with Gasteiger partial charge in [0.25, 0.3) is 0 Å². The molecule has 1 aliphatic heterocycles. The van der Waals surface area contributed by atoms with Crippen LogP contribution in [-0.2, 0) is 14.3 Å². The summed E-state index contributed by atoms with van der Waals surface area (Å²) >= 11 is 0. The first-order valence-corrected chi connectivity index (χ1v) is 6.62. The average Bonchev–Trinajstić information content (AvgIpc) is 2.81. The van der Waals surface area contributed by atoms with Gasteiger partial charge in [0, 0.05) is 5.39 Å². The summed E-state index contributed by atoms with van der Waals surface area (Å²) in [6.07, 6.45) is 0. The second-order valence-corrected chi connectivity index (χ2v) is 4.64. The number of aromatic nitrogens is 1. The Morgan fingerprint density at radius 1 is 1.33 bits per heavy atom. The van der Waals surface area contributed by atoms with E-state index in [1.54, 1.807) is 19.9 Å². The molecule has 0 atom stereocenters. The van der Waals surface area contributed by atoms with E-state index in [9.17, 15) is 9.59 Å². The molecule has 2 aromatic rings. The Labute approximate surface area is 121 Å². The second-order valence-electron chi connectivity index (χ2n) is 4.64. The van der Waals surface area contributed by atoms with Crippen LogP contribution in [0.15, 0.2) is 35.9 Å². The summed E-state index contributed by atoms with van der Waals surface area (Å²) in [5, 5.41) is 0.878. The van der Waals surface area contributed by atoms with E-state index < -0.39 is 11.9 Å². The molecule has 0 unspecified atom stereocenters. The molecular formula is C16H13NO4. The molecule has 0 aliphatic carbocycles. The molecule has 106 valence electrons. The van der Waals surface area contributed by atoms with E-state index in [1.165, 1.54) is 0 Å². The van der Waals surface area contributed by atoms with Crippen LogP contribution in [0.2, 0.25) is 0 Å². The first-order chi connectivity index (χ1) is 10.1. The maximum absolute atomic E-state index is 11.9. The first-order valence-electron chi connectivity index (χ1n) is 6.62. The zero-order chi connectivity index (χ0) is 15.0. The summed E-state index contributed by atoms with van der Waals surface area (Å²) in [6.45, 7) is 3.56. The predicted octanol–water partition coefficient (Wildman–Crippen LogP) is 2.70. The molecule has 1 aliphatic rings. The quantitative estimate of drug-likeness (QED) is 0.626. The lowest BCUT2D eigenvalue weighted by Crippen LogP contribution is -2.07. The molecule has 0 N–H and O–H groups in total. The average molecular weight is 283 g/mol. The highest BCUT2D eigenvalue weighted by molar-refractivity contribution is 6.08. The van der Waals surface area contributed by atoms with Crippen LogP contribution >= 0.6 is 0 Å². The van der Waals surface area contributed by atoms with E-state index >= 15 is 0 Å². The van der Waals surface area contributed by atoms with Crippen molar-refractivity contribution in [1.29, 1.82) is 0 Å². The second kappa shape index (κ2) is 5.01. The number of benzene rings is 1. The molecule has 3 rings (SSSR count). The van der Waals surface area contributed by atoms with E-state index in [0.29, 0.717) is 11.1 Å². The summed E-state index contributed by atoms with van der Waals surface area (Å²) in [6, 6.07) is 9.25. The molecule has 5 nitrogen and oxygen atoms in total. The van der Waals surface area contributed by atoms with Crippen LogP contribution in [0.5, 0.6) is 0 Å². The minimum Gasteiger partial charge on any atom is -0.463 e. The van der Waals surface area contributed by atoms with E-state index in [2.05, 4.69) is 4.98 Å². The number of ether oxygens (including phenoxy) is 2. The number of nitrogens with zero attached hydrogens (tertiary/aromatic N) is 1. The van der Waals surface area contributed by atoms with Gasteiger partial charge in [-0.3, -0.25) is 0 Å². The van der Waals surface area contributed by atoms with E-state index in [0.717, 1.165) is 5.39 Å². The van der Waals surface area contributed by atoms with Crippen LogP contribution in [0.1, 0.15) is 29.9 Å². The third-order valence-corrected chi connectivity index (χ3v) is 3.28. The Morgan fingerprint density at radius 3 is 2.86 bits per heavy atom. The van der Waals surface area contributed by atoms with Gasteiger partial charge < -0.3 is 9.47 Å². The number of carbonyl (C=O) groups is 2. The molecular weight excluding hydrogens is 270 g/mol. The summed E-state index contributed by atoms with van der Waals surface area (Å²) in [7, 11) is 0. The highest BCUT2D eigenvalue weighted by atomic mass is 16.6. The molecule has 0 radical (unpaired) electrons. The number of cyclic esters (lactones) is 1. The largest absolute Gasteiger partial charge is 0.463 e. The lowest BCUT2D eigenvalue weighted by Gasteiger charge is -2.05. The van der Waals surface area contributed by atoms with Gasteiger partial charge >= 0.3 is 11.9 Å². The van der Waals surface area contributed by atoms with Crippen molar-refractivity contribution in [2.45, 2.75) is 13.8 Å². The highest BCUT2D eigenvalue weighted by Crippen LogP contribution is 2.33. The lowest BCUT2D eigenvalue weighted by molar-refractivity contribution is -0.138. The lowest BCUT2D eigenvalue weighted by atomic mass is 10.1. The van der Waals surface area contributed by atoms with Gasteiger partial charge in [0.2, 0.25) is 0 Å². The summed E-state index contributed by atoms with van der Waals surface area (Å²) in [5.41, 5.74) is 1.74. The third-order valence-electron chi connectivity index (χ3n) is 3.28. The van der Waals surface area contributed by atoms with Gasteiger partial charge in [-0.05, 0) is 26.0 Å². The number of para-hydroxylation sites is 1. The summed E-state index contributed by atoms with van der Waals surface area (Å²) in [5.74, 6) is -0.817. The Bertz CT molecular complexity index is 792. The summed E-state index contributed by atoms with van der Waals surface area (Å²) in [4.78, 5) is 28.1. The van der Waals surface area contributed by atoms with Gasteiger partial charge in [-0.2, -0.15) is 0 Å². The van der Waals surface area contributed by atoms with Crippen molar-refractivity contribution in [3.63, 3.8) is 0 Å². The fourth-order valence-electron chi connectivity index (χ4n) is 2.25. The van der Waals surface area contributed by atoms with Crippen LogP contribution in [0.3, 0.4) is 0 Å². The number of rotatable bonds is 2. The SMILES string of the molecule is CCOC(=O)/C(C)=C1\OC(=O)c2nc3ccccc3cc21. The van der Waals surface area contributed by atoms with Gasteiger partial charge in [0.15, 0.2) is 11.5 Å². The van der Waals surface area contributed by atoms with Crippen molar-refractivity contribution in [2.24, 2.45) is 0 Å². The maximum Gasteiger partial charge on any atom is 0.363 e. The molecule has 1 aromatic heterocycles. The topological polar surface area (TPSA) is 65.5 Å². The monoisotopic (exact) mass is 283 g/mol. The van der Waals surface area contributed by atoms with Gasteiger partial charge in [0.05, 0.1) is 23.3 Å². The molecule has 0 fully saturated rings. The fraction of sp³-hybridized carbons (Fsp3) is 0.188. The molecule has 0 saturated heterocycles. The molecule has 0 bridgehead atoms. The molecule has 2 heterocycles. The Morgan fingerprint density at radius 2 is 2.10 bits per heavy atom. The Balaban J connectivity index is 2.19. The Kier molecular flexibility index (Phi) is 3.17. The zero-order valence-corrected chi connectivity index (χ0v) is 11.7. The Hall–Kier alpha value is -2.69. The third kappa shape index (κ3) is 2.16. The minimum atomic E-state index is -0.547. The van der Waals surface area contributed by atoms with Gasteiger partial charge in [0.1, 0.15) is 0 Å². The maximum atomic E-state index is 11.9. The van der Waals surface area contributed by atoms with Crippen LogP contribution < -0.4 is 0 Å². The van der Waals surface area contributed by atoms with Crippen molar-refractivity contribution >= 4 is 28.6 Å². The number of fused-ring (bicyclic) bond motifs is 2. The smallest absolute Gasteiger partial charge is 0.363 e.